The van der Waals surface area contributed by atoms with E-state index < -0.39 is 15.9 Å². The molecule has 3 rings (SSSR count). The summed E-state index contributed by atoms with van der Waals surface area (Å²) < 4.78 is 31.7. The van der Waals surface area contributed by atoms with Gasteiger partial charge in [-0.05, 0) is 68.0 Å². The first kappa shape index (κ1) is 22.3. The number of rotatable bonds is 7. The van der Waals surface area contributed by atoms with Crippen LogP contribution in [0.4, 0.5) is 5.69 Å². The van der Waals surface area contributed by atoms with Gasteiger partial charge in [0.2, 0.25) is 0 Å². The fourth-order valence-corrected chi connectivity index (χ4v) is 5.75. The highest BCUT2D eigenvalue weighted by atomic mass is 32.2. The highest BCUT2D eigenvalue weighted by Crippen LogP contribution is 2.31. The minimum absolute atomic E-state index is 0.265. The van der Waals surface area contributed by atoms with Crippen molar-refractivity contribution < 1.29 is 17.9 Å². The predicted octanol–water partition coefficient (Wildman–Crippen LogP) is 5.24. The highest BCUT2D eigenvalue weighted by molar-refractivity contribution is 7.92. The number of ether oxygens (including phenoxy) is 1. The molecule has 0 aromatic heterocycles. The van der Waals surface area contributed by atoms with Gasteiger partial charge < -0.3 is 10.1 Å². The van der Waals surface area contributed by atoms with E-state index in [-0.39, 0.29) is 22.0 Å². The van der Waals surface area contributed by atoms with Gasteiger partial charge in [0.15, 0.2) is 15.9 Å². The minimum Gasteiger partial charge on any atom is -0.481 e. The third kappa shape index (κ3) is 5.04. The third-order valence-corrected chi connectivity index (χ3v) is 7.90. The van der Waals surface area contributed by atoms with E-state index in [1.54, 1.807) is 31.2 Å². The second-order valence-electron chi connectivity index (χ2n) is 8.42. The normalized spacial score (nSPS) is 15.9. The highest BCUT2D eigenvalue weighted by Gasteiger charge is 2.30. The fourth-order valence-electron chi connectivity index (χ4n) is 3.85. The molecule has 0 spiro atoms. The second-order valence-corrected chi connectivity index (χ2v) is 10.7. The second kappa shape index (κ2) is 9.21. The first-order valence-corrected chi connectivity index (χ1v) is 12.1. The van der Waals surface area contributed by atoms with Crippen molar-refractivity contribution in [1.82, 2.24) is 0 Å². The molecule has 0 radical (unpaired) electrons. The molecule has 1 aliphatic carbocycles. The van der Waals surface area contributed by atoms with Crippen LogP contribution < -0.4 is 10.1 Å². The van der Waals surface area contributed by atoms with Crippen LogP contribution in [0.15, 0.2) is 47.4 Å². The standard InChI is InChI=1S/C24H31NO4S/c1-16(2)22-13-12-17(3)14-23(22)29-18(4)24(26)25-19-8-7-11-21(15-19)30(27,28)20-9-5-6-10-20/h7-8,11-16,18,20H,5-6,9-10H2,1-4H3,(H,25,26). The Morgan fingerprint density at radius 1 is 1.07 bits per heavy atom. The number of carbonyl (C=O) groups is 1. The summed E-state index contributed by atoms with van der Waals surface area (Å²) in [6.45, 7) is 7.84. The van der Waals surface area contributed by atoms with E-state index >= 15 is 0 Å². The van der Waals surface area contributed by atoms with Crippen molar-refractivity contribution in [2.45, 2.75) is 75.5 Å². The van der Waals surface area contributed by atoms with Gasteiger partial charge in [-0.2, -0.15) is 0 Å². The first-order valence-electron chi connectivity index (χ1n) is 10.6. The van der Waals surface area contributed by atoms with E-state index in [0.29, 0.717) is 24.3 Å². The lowest BCUT2D eigenvalue weighted by atomic mass is 10.0. The molecule has 1 unspecified atom stereocenters. The Morgan fingerprint density at radius 3 is 2.43 bits per heavy atom. The predicted molar refractivity (Wildman–Crippen MR) is 120 cm³/mol. The lowest BCUT2D eigenvalue weighted by Crippen LogP contribution is -2.30. The number of benzene rings is 2. The molecule has 1 amide bonds. The number of anilines is 1. The van der Waals surface area contributed by atoms with Gasteiger partial charge in [0.05, 0.1) is 10.1 Å². The summed E-state index contributed by atoms with van der Waals surface area (Å²) in [7, 11) is -3.37. The van der Waals surface area contributed by atoms with Gasteiger partial charge >= 0.3 is 0 Å². The van der Waals surface area contributed by atoms with Crippen LogP contribution in [0, 0.1) is 6.92 Å². The van der Waals surface area contributed by atoms with E-state index in [0.717, 1.165) is 24.0 Å². The van der Waals surface area contributed by atoms with Gasteiger partial charge in [0.1, 0.15) is 5.75 Å². The van der Waals surface area contributed by atoms with Gasteiger partial charge in [0.25, 0.3) is 5.91 Å². The monoisotopic (exact) mass is 429 g/mol. The van der Waals surface area contributed by atoms with Crippen LogP contribution in [-0.4, -0.2) is 25.7 Å². The Bertz CT molecular complexity index is 1010. The molecule has 30 heavy (non-hydrogen) atoms. The number of aryl methyl sites for hydroxylation is 1. The minimum atomic E-state index is -3.37. The van der Waals surface area contributed by atoms with Crippen molar-refractivity contribution in [2.24, 2.45) is 0 Å². The molecule has 0 aliphatic heterocycles. The Balaban J connectivity index is 1.73. The Morgan fingerprint density at radius 2 is 1.77 bits per heavy atom. The van der Waals surface area contributed by atoms with Crippen LogP contribution in [0.1, 0.15) is 63.5 Å². The molecule has 1 atom stereocenters. The van der Waals surface area contributed by atoms with E-state index in [4.69, 9.17) is 4.74 Å². The number of hydrogen-bond acceptors (Lipinski definition) is 4. The molecule has 0 heterocycles. The van der Waals surface area contributed by atoms with Crippen LogP contribution in [-0.2, 0) is 14.6 Å². The topological polar surface area (TPSA) is 72.5 Å². The molecule has 1 N–H and O–H groups in total. The molecular weight excluding hydrogens is 398 g/mol. The average Bonchev–Trinajstić information content (AvgIpc) is 3.23. The lowest BCUT2D eigenvalue weighted by Gasteiger charge is -2.19. The van der Waals surface area contributed by atoms with Crippen molar-refractivity contribution in [2.75, 3.05) is 5.32 Å². The molecule has 5 nitrogen and oxygen atoms in total. The van der Waals surface area contributed by atoms with Crippen LogP contribution >= 0.6 is 0 Å². The number of amides is 1. The summed E-state index contributed by atoms with van der Waals surface area (Å²) in [5.41, 5.74) is 2.57. The number of sulfone groups is 1. The number of hydrogen-bond donors (Lipinski definition) is 1. The summed E-state index contributed by atoms with van der Waals surface area (Å²) in [5.74, 6) is 0.653. The van der Waals surface area contributed by atoms with Crippen molar-refractivity contribution in [3.8, 4) is 5.75 Å². The quantitative estimate of drug-likeness (QED) is 0.653. The summed E-state index contributed by atoms with van der Waals surface area (Å²) >= 11 is 0. The van der Waals surface area contributed by atoms with Gasteiger partial charge in [-0.15, -0.1) is 0 Å². The van der Waals surface area contributed by atoms with Crippen molar-refractivity contribution in [3.63, 3.8) is 0 Å². The van der Waals surface area contributed by atoms with E-state index in [2.05, 4.69) is 19.2 Å². The smallest absolute Gasteiger partial charge is 0.265 e. The third-order valence-electron chi connectivity index (χ3n) is 5.64. The molecule has 2 aromatic carbocycles. The maximum atomic E-state index is 12.8. The largest absolute Gasteiger partial charge is 0.481 e. The van der Waals surface area contributed by atoms with Crippen molar-refractivity contribution >= 4 is 21.4 Å². The van der Waals surface area contributed by atoms with Gasteiger partial charge in [-0.1, -0.05) is 44.9 Å². The molecule has 6 heteroatoms. The van der Waals surface area contributed by atoms with Crippen molar-refractivity contribution in [3.05, 3.63) is 53.6 Å². The zero-order valence-corrected chi connectivity index (χ0v) is 19.0. The van der Waals surface area contributed by atoms with Gasteiger partial charge in [-0.25, -0.2) is 8.42 Å². The van der Waals surface area contributed by atoms with E-state index in [1.807, 2.05) is 25.1 Å². The van der Waals surface area contributed by atoms with Gasteiger partial charge in [-0.3, -0.25) is 4.79 Å². The Hall–Kier alpha value is -2.34. The summed E-state index contributed by atoms with van der Waals surface area (Å²) in [4.78, 5) is 13.0. The first-order chi connectivity index (χ1) is 14.2. The SMILES string of the molecule is Cc1ccc(C(C)C)c(OC(C)C(=O)Nc2cccc(S(=O)(=O)C3CCCC3)c2)c1. The summed E-state index contributed by atoms with van der Waals surface area (Å²) in [6.07, 6.45) is 2.59. The van der Waals surface area contributed by atoms with Crippen LogP contribution in [0.25, 0.3) is 0 Å². The van der Waals surface area contributed by atoms with Crippen LogP contribution in [0.3, 0.4) is 0 Å². The fraction of sp³-hybridized carbons (Fsp3) is 0.458. The molecule has 1 fully saturated rings. The number of carbonyl (C=O) groups excluding carboxylic acids is 1. The maximum Gasteiger partial charge on any atom is 0.265 e. The average molecular weight is 430 g/mol. The molecule has 1 saturated carbocycles. The molecule has 2 aromatic rings. The van der Waals surface area contributed by atoms with E-state index in [9.17, 15) is 13.2 Å². The Labute approximate surface area is 179 Å². The van der Waals surface area contributed by atoms with Crippen LogP contribution in [0.2, 0.25) is 0 Å². The molecule has 1 aliphatic rings. The summed E-state index contributed by atoms with van der Waals surface area (Å²) in [5, 5.41) is 2.48. The molecule has 0 bridgehead atoms. The molecule has 162 valence electrons. The van der Waals surface area contributed by atoms with Gasteiger partial charge in [0, 0.05) is 5.69 Å². The maximum absolute atomic E-state index is 12.8. The lowest BCUT2D eigenvalue weighted by molar-refractivity contribution is -0.122. The van der Waals surface area contributed by atoms with Crippen LogP contribution in [0.5, 0.6) is 5.75 Å². The zero-order chi connectivity index (χ0) is 21.9. The number of nitrogens with one attached hydrogen (secondary N) is 1. The van der Waals surface area contributed by atoms with E-state index in [1.165, 1.54) is 0 Å². The Kier molecular flexibility index (Phi) is 6.86. The summed E-state index contributed by atoms with van der Waals surface area (Å²) in [6, 6.07) is 12.5. The zero-order valence-electron chi connectivity index (χ0n) is 18.1. The molecule has 0 saturated heterocycles. The molecular formula is C24H31NO4S. The van der Waals surface area contributed by atoms with Crippen molar-refractivity contribution in [1.29, 1.82) is 0 Å².